The van der Waals surface area contributed by atoms with E-state index in [0.717, 1.165) is 38.4 Å². The summed E-state index contributed by atoms with van der Waals surface area (Å²) in [6.45, 7) is 8.54. The highest BCUT2D eigenvalue weighted by molar-refractivity contribution is 5.43. The summed E-state index contributed by atoms with van der Waals surface area (Å²) in [4.78, 5) is 6.50. The molecule has 1 N–H and O–H groups in total. The molecular weight excluding hydrogens is 230 g/mol. The standard InChI is InChI=1S/C11H19N7/c1-3-17(4-2)7-5-6-13-10-8-12-9-11-14-15-16-18(10)11/h8-9,13H,3-7H2,1-2H3. The third kappa shape index (κ3) is 2.92. The molecule has 0 spiro atoms. The predicted molar refractivity (Wildman–Crippen MR) is 69.5 cm³/mol. The molecule has 0 atom stereocenters. The van der Waals surface area contributed by atoms with Crippen LogP contribution in [-0.2, 0) is 0 Å². The second-order valence-corrected chi connectivity index (χ2v) is 4.05. The highest BCUT2D eigenvalue weighted by atomic mass is 15.5. The van der Waals surface area contributed by atoms with E-state index in [1.54, 1.807) is 16.9 Å². The Balaban J connectivity index is 1.85. The van der Waals surface area contributed by atoms with Gasteiger partial charge in [0, 0.05) is 6.54 Å². The van der Waals surface area contributed by atoms with Gasteiger partial charge in [-0.25, -0.2) is 0 Å². The Morgan fingerprint density at radius 1 is 1.28 bits per heavy atom. The summed E-state index contributed by atoms with van der Waals surface area (Å²) < 4.78 is 1.66. The normalized spacial score (nSPS) is 11.3. The molecule has 0 saturated heterocycles. The van der Waals surface area contributed by atoms with Gasteiger partial charge in [0.25, 0.3) is 0 Å². The number of nitrogens with zero attached hydrogens (tertiary/aromatic N) is 6. The van der Waals surface area contributed by atoms with Crippen molar-refractivity contribution in [3.63, 3.8) is 0 Å². The first-order chi connectivity index (χ1) is 8.85. The van der Waals surface area contributed by atoms with Gasteiger partial charge in [-0.05, 0) is 36.5 Å². The molecule has 0 aliphatic rings. The number of hydrogen-bond acceptors (Lipinski definition) is 6. The van der Waals surface area contributed by atoms with Crippen molar-refractivity contribution in [3.8, 4) is 0 Å². The number of tetrazole rings is 1. The van der Waals surface area contributed by atoms with Gasteiger partial charge >= 0.3 is 0 Å². The molecule has 0 aliphatic heterocycles. The van der Waals surface area contributed by atoms with Crippen LogP contribution in [0.4, 0.5) is 5.82 Å². The van der Waals surface area contributed by atoms with E-state index < -0.39 is 0 Å². The van der Waals surface area contributed by atoms with Crippen molar-refractivity contribution < 1.29 is 0 Å². The Hall–Kier alpha value is -1.76. The number of anilines is 1. The van der Waals surface area contributed by atoms with Crippen LogP contribution in [0, 0.1) is 0 Å². The lowest BCUT2D eigenvalue weighted by Crippen LogP contribution is -2.25. The third-order valence-electron chi connectivity index (χ3n) is 2.96. The Morgan fingerprint density at radius 3 is 2.89 bits per heavy atom. The second-order valence-electron chi connectivity index (χ2n) is 4.05. The van der Waals surface area contributed by atoms with Gasteiger partial charge in [-0.1, -0.05) is 13.8 Å². The number of rotatable bonds is 7. The molecule has 98 valence electrons. The summed E-state index contributed by atoms with van der Waals surface area (Å²) in [7, 11) is 0. The number of nitrogens with one attached hydrogen (secondary N) is 1. The fourth-order valence-corrected chi connectivity index (χ4v) is 1.85. The second kappa shape index (κ2) is 6.25. The van der Waals surface area contributed by atoms with Crippen molar-refractivity contribution >= 4 is 11.5 Å². The average Bonchev–Trinajstić information content (AvgIpc) is 2.88. The maximum atomic E-state index is 4.09. The van der Waals surface area contributed by atoms with Gasteiger partial charge < -0.3 is 10.2 Å². The Kier molecular flexibility index (Phi) is 4.40. The SMILES string of the molecule is CCN(CC)CCCNc1cncc2nnnn12. The van der Waals surface area contributed by atoms with E-state index >= 15 is 0 Å². The summed E-state index contributed by atoms with van der Waals surface area (Å²) in [5, 5.41) is 14.7. The van der Waals surface area contributed by atoms with Gasteiger partial charge in [-0.3, -0.25) is 4.98 Å². The van der Waals surface area contributed by atoms with Crippen LogP contribution >= 0.6 is 0 Å². The monoisotopic (exact) mass is 249 g/mol. The van der Waals surface area contributed by atoms with Crippen molar-refractivity contribution in [3.05, 3.63) is 12.4 Å². The molecule has 0 radical (unpaired) electrons. The number of fused-ring (bicyclic) bond motifs is 1. The van der Waals surface area contributed by atoms with Gasteiger partial charge in [0.15, 0.2) is 5.65 Å². The zero-order valence-corrected chi connectivity index (χ0v) is 10.9. The minimum atomic E-state index is 0.656. The maximum absolute atomic E-state index is 4.09. The first-order valence-electron chi connectivity index (χ1n) is 6.33. The van der Waals surface area contributed by atoms with Crippen LogP contribution < -0.4 is 5.32 Å². The van der Waals surface area contributed by atoms with Gasteiger partial charge in [0.05, 0.1) is 12.4 Å². The van der Waals surface area contributed by atoms with Crippen LogP contribution in [0.3, 0.4) is 0 Å². The molecule has 0 aromatic carbocycles. The summed E-state index contributed by atoms with van der Waals surface area (Å²) in [6, 6.07) is 0. The molecule has 0 fully saturated rings. The molecule has 18 heavy (non-hydrogen) atoms. The molecule has 2 heterocycles. The highest BCUT2D eigenvalue weighted by Crippen LogP contribution is 2.05. The highest BCUT2D eigenvalue weighted by Gasteiger charge is 2.03. The van der Waals surface area contributed by atoms with Gasteiger partial charge in [-0.2, -0.15) is 4.52 Å². The molecule has 0 saturated carbocycles. The van der Waals surface area contributed by atoms with Crippen molar-refractivity contribution in [2.24, 2.45) is 0 Å². The van der Waals surface area contributed by atoms with E-state index in [2.05, 4.69) is 44.6 Å². The molecule has 0 amide bonds. The van der Waals surface area contributed by atoms with Gasteiger partial charge in [0.2, 0.25) is 0 Å². The van der Waals surface area contributed by atoms with Crippen molar-refractivity contribution in [1.29, 1.82) is 0 Å². The van der Waals surface area contributed by atoms with E-state index in [4.69, 9.17) is 0 Å². The van der Waals surface area contributed by atoms with Gasteiger partial charge in [-0.15, -0.1) is 5.10 Å². The lowest BCUT2D eigenvalue weighted by molar-refractivity contribution is 0.303. The number of aromatic nitrogens is 5. The molecular formula is C11H19N7. The fraction of sp³-hybridized carbons (Fsp3) is 0.636. The number of hydrogen-bond donors (Lipinski definition) is 1. The van der Waals surface area contributed by atoms with Crippen LogP contribution in [0.25, 0.3) is 5.65 Å². The smallest absolute Gasteiger partial charge is 0.199 e. The minimum absolute atomic E-state index is 0.656. The summed E-state index contributed by atoms with van der Waals surface area (Å²) >= 11 is 0. The molecule has 2 aromatic rings. The maximum Gasteiger partial charge on any atom is 0.199 e. The molecule has 7 nitrogen and oxygen atoms in total. The van der Waals surface area contributed by atoms with E-state index in [1.165, 1.54) is 0 Å². The van der Waals surface area contributed by atoms with Crippen LogP contribution in [0.5, 0.6) is 0 Å². The van der Waals surface area contributed by atoms with Crippen LogP contribution in [-0.4, -0.2) is 56.1 Å². The Morgan fingerprint density at radius 2 is 2.11 bits per heavy atom. The lowest BCUT2D eigenvalue weighted by Gasteiger charge is -2.17. The van der Waals surface area contributed by atoms with Crippen LogP contribution in [0.15, 0.2) is 12.4 Å². The van der Waals surface area contributed by atoms with Gasteiger partial charge in [0.1, 0.15) is 5.82 Å². The largest absolute Gasteiger partial charge is 0.369 e. The van der Waals surface area contributed by atoms with Crippen molar-refractivity contribution in [1.82, 2.24) is 29.9 Å². The summed E-state index contributed by atoms with van der Waals surface area (Å²) in [6.07, 6.45) is 4.46. The molecule has 7 heteroatoms. The van der Waals surface area contributed by atoms with E-state index in [9.17, 15) is 0 Å². The molecule has 0 aliphatic carbocycles. The van der Waals surface area contributed by atoms with E-state index in [0.29, 0.717) is 5.65 Å². The molecule has 2 rings (SSSR count). The minimum Gasteiger partial charge on any atom is -0.369 e. The molecule has 0 bridgehead atoms. The van der Waals surface area contributed by atoms with Crippen LogP contribution in [0.1, 0.15) is 20.3 Å². The van der Waals surface area contributed by atoms with Crippen molar-refractivity contribution in [2.45, 2.75) is 20.3 Å². The first kappa shape index (κ1) is 12.7. The van der Waals surface area contributed by atoms with E-state index in [-0.39, 0.29) is 0 Å². The fourth-order valence-electron chi connectivity index (χ4n) is 1.85. The zero-order valence-electron chi connectivity index (χ0n) is 10.9. The predicted octanol–water partition coefficient (Wildman–Crippen LogP) is 0.663. The lowest BCUT2D eigenvalue weighted by atomic mass is 10.3. The Labute approximate surface area is 106 Å². The quantitative estimate of drug-likeness (QED) is 0.727. The Bertz CT molecular complexity index is 477. The topological polar surface area (TPSA) is 71.2 Å². The van der Waals surface area contributed by atoms with Crippen molar-refractivity contribution in [2.75, 3.05) is 31.5 Å². The summed E-state index contributed by atoms with van der Waals surface area (Å²) in [5.74, 6) is 0.831. The molecule has 0 unspecified atom stereocenters. The molecule has 2 aromatic heterocycles. The third-order valence-corrected chi connectivity index (χ3v) is 2.96. The first-order valence-corrected chi connectivity index (χ1v) is 6.33. The van der Waals surface area contributed by atoms with Crippen LogP contribution in [0.2, 0.25) is 0 Å². The zero-order chi connectivity index (χ0) is 12.8. The average molecular weight is 249 g/mol. The summed E-state index contributed by atoms with van der Waals surface area (Å²) in [5.41, 5.74) is 0.656. The van der Waals surface area contributed by atoms with E-state index in [1.807, 2.05) is 0 Å².